The summed E-state index contributed by atoms with van der Waals surface area (Å²) >= 11 is 4.42. The van der Waals surface area contributed by atoms with E-state index in [1.54, 1.807) is 25.3 Å². The lowest BCUT2D eigenvalue weighted by molar-refractivity contribution is 0.398. The summed E-state index contributed by atoms with van der Waals surface area (Å²) in [6.45, 7) is 0. The van der Waals surface area contributed by atoms with Crippen LogP contribution < -0.4 is 4.74 Å². The second kappa shape index (κ2) is 3.81. The molecule has 11 heavy (non-hydrogen) atoms. The van der Waals surface area contributed by atoms with E-state index in [2.05, 4.69) is 27.4 Å². The summed E-state index contributed by atoms with van der Waals surface area (Å²) in [5, 5.41) is 2.23. The van der Waals surface area contributed by atoms with Gasteiger partial charge < -0.3 is 4.74 Å². The van der Waals surface area contributed by atoms with Crippen molar-refractivity contribution in [3.05, 3.63) is 18.2 Å². The molecule has 0 spiro atoms. The minimum absolute atomic E-state index is 0.513. The molecule has 0 aliphatic carbocycles. The van der Waals surface area contributed by atoms with E-state index in [9.17, 15) is 0 Å². The highest BCUT2D eigenvalue weighted by molar-refractivity contribution is 7.78. The van der Waals surface area contributed by atoms with Gasteiger partial charge >= 0.3 is 0 Å². The van der Waals surface area contributed by atoms with Gasteiger partial charge in [0.05, 0.1) is 12.3 Å². The van der Waals surface area contributed by atoms with Crippen LogP contribution in [0.25, 0.3) is 0 Å². The minimum atomic E-state index is 0.513. The van der Waals surface area contributed by atoms with Crippen molar-refractivity contribution >= 4 is 23.2 Å². The molecule has 3 nitrogen and oxygen atoms in total. The van der Waals surface area contributed by atoms with Crippen molar-refractivity contribution < 1.29 is 4.74 Å². The summed E-state index contributed by atoms with van der Waals surface area (Å²) in [6.07, 6.45) is 0. The zero-order chi connectivity index (χ0) is 8.10. The molecule has 0 aliphatic rings. The number of ether oxygens (including phenoxy) is 1. The molecule has 1 rings (SSSR count). The average Bonchev–Trinajstić information content (AvgIpc) is 2.06. The standard InChI is InChI=1S/C7H6N2OS/c1-10-7-4-2-3-6(9-7)8-5-11/h2-4H,1H3. The van der Waals surface area contributed by atoms with Gasteiger partial charge in [-0.15, -0.1) is 0 Å². The third-order valence-corrected chi connectivity index (χ3v) is 1.17. The molecular formula is C7H6N2OS. The fourth-order valence-electron chi connectivity index (χ4n) is 0.627. The summed E-state index contributed by atoms with van der Waals surface area (Å²) in [7, 11) is 1.55. The molecule has 0 unspecified atom stereocenters. The number of nitrogens with zero attached hydrogens (tertiary/aromatic N) is 2. The highest BCUT2D eigenvalue weighted by Gasteiger charge is 1.92. The molecule has 0 saturated carbocycles. The van der Waals surface area contributed by atoms with Crippen LogP contribution in [0.1, 0.15) is 0 Å². The van der Waals surface area contributed by atoms with Crippen molar-refractivity contribution in [2.45, 2.75) is 0 Å². The van der Waals surface area contributed by atoms with Crippen LogP contribution in [0.3, 0.4) is 0 Å². The monoisotopic (exact) mass is 166 g/mol. The van der Waals surface area contributed by atoms with Gasteiger partial charge in [-0.1, -0.05) is 6.07 Å². The SMILES string of the molecule is COc1cccc(N=C=S)n1. The quantitative estimate of drug-likeness (QED) is 0.496. The Labute approximate surface area is 69.7 Å². The van der Waals surface area contributed by atoms with E-state index in [1.807, 2.05) is 0 Å². The molecule has 0 fully saturated rings. The maximum absolute atomic E-state index is 4.87. The van der Waals surface area contributed by atoms with E-state index in [0.29, 0.717) is 11.7 Å². The maximum Gasteiger partial charge on any atom is 0.214 e. The molecule has 0 amide bonds. The van der Waals surface area contributed by atoms with E-state index >= 15 is 0 Å². The van der Waals surface area contributed by atoms with Crippen molar-refractivity contribution in [1.82, 2.24) is 4.98 Å². The van der Waals surface area contributed by atoms with Crippen molar-refractivity contribution in [2.75, 3.05) is 7.11 Å². The van der Waals surface area contributed by atoms with Gasteiger partial charge in [0.2, 0.25) is 5.88 Å². The number of pyridine rings is 1. The van der Waals surface area contributed by atoms with E-state index in [4.69, 9.17) is 4.74 Å². The Bertz CT molecular complexity index is 294. The number of thiocarbonyl (C=S) groups is 1. The Morgan fingerprint density at radius 1 is 1.64 bits per heavy atom. The normalized spacial score (nSPS) is 8.45. The highest BCUT2D eigenvalue weighted by Crippen LogP contribution is 2.12. The van der Waals surface area contributed by atoms with Gasteiger partial charge in [-0.2, -0.15) is 9.98 Å². The predicted octanol–water partition coefficient (Wildman–Crippen LogP) is 1.82. The number of isothiocyanates is 1. The van der Waals surface area contributed by atoms with Crippen LogP contribution >= 0.6 is 12.2 Å². The van der Waals surface area contributed by atoms with Crippen LogP contribution in [0.15, 0.2) is 23.2 Å². The predicted molar refractivity (Wildman–Crippen MR) is 45.5 cm³/mol. The molecular weight excluding hydrogens is 160 g/mol. The molecule has 1 aromatic heterocycles. The lowest BCUT2D eigenvalue weighted by Crippen LogP contribution is -1.85. The second-order valence-electron chi connectivity index (χ2n) is 1.74. The van der Waals surface area contributed by atoms with Gasteiger partial charge in [0, 0.05) is 6.07 Å². The fourth-order valence-corrected chi connectivity index (χ4v) is 0.720. The van der Waals surface area contributed by atoms with Gasteiger partial charge in [-0.3, -0.25) is 0 Å². The van der Waals surface area contributed by atoms with Crippen LogP contribution in [0.4, 0.5) is 5.82 Å². The summed E-state index contributed by atoms with van der Waals surface area (Å²) in [5.41, 5.74) is 0. The van der Waals surface area contributed by atoms with Crippen LogP contribution in [-0.4, -0.2) is 17.3 Å². The molecule has 4 heteroatoms. The molecule has 0 saturated heterocycles. The minimum Gasteiger partial charge on any atom is -0.481 e. The Balaban J connectivity index is 3.00. The van der Waals surface area contributed by atoms with E-state index in [-0.39, 0.29) is 0 Å². The number of rotatable bonds is 2. The Hall–Kier alpha value is -1.25. The lowest BCUT2D eigenvalue weighted by Gasteiger charge is -1.96. The maximum atomic E-state index is 4.87. The summed E-state index contributed by atoms with van der Waals surface area (Å²) < 4.78 is 4.87. The Morgan fingerprint density at radius 2 is 2.45 bits per heavy atom. The summed E-state index contributed by atoms with van der Waals surface area (Å²) in [4.78, 5) is 7.65. The highest BCUT2D eigenvalue weighted by atomic mass is 32.1. The molecule has 0 aliphatic heterocycles. The zero-order valence-electron chi connectivity index (χ0n) is 5.94. The summed E-state index contributed by atoms with van der Waals surface area (Å²) in [5.74, 6) is 1.04. The number of hydrogen-bond donors (Lipinski definition) is 0. The van der Waals surface area contributed by atoms with Crippen LogP contribution in [0.2, 0.25) is 0 Å². The average molecular weight is 166 g/mol. The zero-order valence-corrected chi connectivity index (χ0v) is 6.76. The van der Waals surface area contributed by atoms with Crippen molar-refractivity contribution in [2.24, 2.45) is 4.99 Å². The van der Waals surface area contributed by atoms with Crippen LogP contribution in [-0.2, 0) is 0 Å². The third-order valence-electron chi connectivity index (χ3n) is 1.08. The van der Waals surface area contributed by atoms with Gasteiger partial charge in [0.1, 0.15) is 0 Å². The second-order valence-corrected chi connectivity index (χ2v) is 1.92. The number of methoxy groups -OCH3 is 1. The number of aromatic nitrogens is 1. The van der Waals surface area contributed by atoms with Crippen molar-refractivity contribution in [3.63, 3.8) is 0 Å². The van der Waals surface area contributed by atoms with Gasteiger partial charge in [0.25, 0.3) is 0 Å². The van der Waals surface area contributed by atoms with Crippen LogP contribution in [0, 0.1) is 0 Å². The first-order valence-corrected chi connectivity index (χ1v) is 3.36. The Kier molecular flexibility index (Phi) is 2.72. The Morgan fingerprint density at radius 3 is 3.09 bits per heavy atom. The first-order chi connectivity index (χ1) is 5.36. The molecule has 56 valence electrons. The molecule has 1 aromatic rings. The number of hydrogen-bond acceptors (Lipinski definition) is 4. The van der Waals surface area contributed by atoms with E-state index in [0.717, 1.165) is 0 Å². The molecule has 0 bridgehead atoms. The fraction of sp³-hybridized carbons (Fsp3) is 0.143. The van der Waals surface area contributed by atoms with Crippen LogP contribution in [0.5, 0.6) is 5.88 Å². The molecule has 0 aromatic carbocycles. The van der Waals surface area contributed by atoms with Crippen molar-refractivity contribution in [1.29, 1.82) is 0 Å². The first kappa shape index (κ1) is 7.85. The smallest absolute Gasteiger partial charge is 0.214 e. The first-order valence-electron chi connectivity index (χ1n) is 2.95. The number of aliphatic imine (C=N–C) groups is 1. The van der Waals surface area contributed by atoms with Gasteiger partial charge in [-0.05, 0) is 18.3 Å². The topological polar surface area (TPSA) is 34.5 Å². The molecule has 0 atom stereocenters. The van der Waals surface area contributed by atoms with E-state index < -0.39 is 0 Å². The lowest BCUT2D eigenvalue weighted by atomic mass is 10.4. The van der Waals surface area contributed by atoms with Gasteiger partial charge in [-0.25, -0.2) is 0 Å². The largest absolute Gasteiger partial charge is 0.481 e. The van der Waals surface area contributed by atoms with Gasteiger partial charge in [0.15, 0.2) is 5.82 Å². The van der Waals surface area contributed by atoms with E-state index in [1.165, 1.54) is 0 Å². The molecule has 0 radical (unpaired) electrons. The third kappa shape index (κ3) is 2.11. The summed E-state index contributed by atoms with van der Waals surface area (Å²) in [6, 6.07) is 5.25. The molecule has 0 N–H and O–H groups in total. The van der Waals surface area contributed by atoms with Crippen molar-refractivity contribution in [3.8, 4) is 5.88 Å². The molecule has 1 heterocycles.